The average Bonchev–Trinajstić information content (AvgIpc) is 2.84. The molecule has 1 aromatic carbocycles. The number of carbonyl (C=O) groups is 3. The second-order valence-corrected chi connectivity index (χ2v) is 16.4. The first kappa shape index (κ1) is 37.6. The fourth-order valence-electron chi connectivity index (χ4n) is 4.55. The molecule has 0 aliphatic heterocycles. The third-order valence-electron chi connectivity index (χ3n) is 6.64. The van der Waals surface area contributed by atoms with Gasteiger partial charge in [-0.15, -0.1) is 23.5 Å². The molecular formula is C31H49NO6S3. The van der Waals surface area contributed by atoms with Crippen molar-refractivity contribution in [3.63, 3.8) is 0 Å². The Bertz CT molecular complexity index is 1030. The predicted octanol–water partition coefficient (Wildman–Crippen LogP) is 6.39. The number of carbonyl (C=O) groups excluding carboxylic acids is 3. The zero-order chi connectivity index (χ0) is 31.6. The van der Waals surface area contributed by atoms with Crippen LogP contribution in [0.2, 0.25) is 0 Å². The van der Waals surface area contributed by atoms with Crippen molar-refractivity contribution in [2.75, 3.05) is 12.4 Å². The fraction of sp³-hybridized carbons (Fsp3) is 0.677. The highest BCUT2D eigenvalue weighted by Crippen LogP contribution is 2.42. The van der Waals surface area contributed by atoms with Gasteiger partial charge in [0.1, 0.15) is 9.13 Å². The summed E-state index contributed by atoms with van der Waals surface area (Å²) in [4.78, 5) is 37.7. The first-order valence-electron chi connectivity index (χ1n) is 14.0. The summed E-state index contributed by atoms with van der Waals surface area (Å²) in [6, 6.07) is 10.2. The lowest BCUT2D eigenvalue weighted by atomic mass is 9.74. The average molecular weight is 628 g/mol. The SMILES string of the molecule is CC(C)O[C@H](C)C(=O)O[C@@H](C)C(=O)C(C)(C)OCCSC(=S)SC(C)(C)C(CC(C)(C)Cc1ccccc1)C(N)=O. The quantitative estimate of drug-likeness (QED) is 0.120. The number of rotatable bonds is 17. The van der Waals surface area contributed by atoms with Gasteiger partial charge >= 0.3 is 5.97 Å². The molecule has 2 N–H and O–H groups in total. The predicted molar refractivity (Wildman–Crippen MR) is 174 cm³/mol. The van der Waals surface area contributed by atoms with Crippen LogP contribution in [-0.2, 0) is 35.0 Å². The Labute approximate surface area is 260 Å². The van der Waals surface area contributed by atoms with E-state index in [1.165, 1.54) is 36.0 Å². The molecule has 0 spiro atoms. The van der Waals surface area contributed by atoms with E-state index in [0.29, 0.717) is 15.7 Å². The van der Waals surface area contributed by atoms with E-state index in [4.69, 9.17) is 32.2 Å². The van der Waals surface area contributed by atoms with Gasteiger partial charge in [-0.25, -0.2) is 4.79 Å². The number of esters is 1. The Hall–Kier alpha value is -1.46. The molecule has 1 unspecified atom stereocenters. The zero-order valence-electron chi connectivity index (χ0n) is 26.3. The lowest BCUT2D eigenvalue weighted by molar-refractivity contribution is -0.171. The van der Waals surface area contributed by atoms with E-state index < -0.39 is 28.5 Å². The number of thioether (sulfide) groups is 2. The van der Waals surface area contributed by atoms with Crippen molar-refractivity contribution in [2.45, 2.75) is 111 Å². The molecule has 1 rings (SSSR count). The van der Waals surface area contributed by atoms with Crippen molar-refractivity contribution in [2.24, 2.45) is 17.1 Å². The van der Waals surface area contributed by atoms with Gasteiger partial charge in [0.25, 0.3) is 0 Å². The first-order valence-corrected chi connectivity index (χ1v) is 16.2. The minimum absolute atomic E-state index is 0.134. The van der Waals surface area contributed by atoms with Crippen molar-refractivity contribution in [1.82, 2.24) is 0 Å². The normalized spacial score (nSPS) is 14.8. The number of thiocarbonyl (C=S) groups is 1. The van der Waals surface area contributed by atoms with Crippen LogP contribution in [0.15, 0.2) is 30.3 Å². The maximum absolute atomic E-state index is 12.9. The number of primary amides is 1. The summed E-state index contributed by atoms with van der Waals surface area (Å²) in [5.41, 5.74) is 5.83. The van der Waals surface area contributed by atoms with E-state index in [2.05, 4.69) is 26.0 Å². The summed E-state index contributed by atoms with van der Waals surface area (Å²) in [5, 5.41) is 0. The molecule has 10 heteroatoms. The lowest BCUT2D eigenvalue weighted by Gasteiger charge is -2.37. The van der Waals surface area contributed by atoms with E-state index >= 15 is 0 Å². The van der Waals surface area contributed by atoms with E-state index in [9.17, 15) is 14.4 Å². The molecule has 0 saturated carbocycles. The summed E-state index contributed by atoms with van der Waals surface area (Å²) < 4.78 is 16.8. The van der Waals surface area contributed by atoms with Crippen molar-refractivity contribution in [1.29, 1.82) is 0 Å². The van der Waals surface area contributed by atoms with Crippen molar-refractivity contribution in [3.05, 3.63) is 35.9 Å². The highest BCUT2D eigenvalue weighted by atomic mass is 32.2. The number of benzene rings is 1. The van der Waals surface area contributed by atoms with E-state index in [0.717, 1.165) is 6.42 Å². The van der Waals surface area contributed by atoms with Crippen LogP contribution in [-0.4, -0.2) is 62.2 Å². The molecule has 0 heterocycles. The Kier molecular flexibility index (Phi) is 15.0. The molecule has 0 radical (unpaired) electrons. The van der Waals surface area contributed by atoms with Crippen LogP contribution in [0.4, 0.5) is 0 Å². The van der Waals surface area contributed by atoms with Crippen LogP contribution in [0.3, 0.4) is 0 Å². The second-order valence-electron chi connectivity index (χ2n) is 12.4. The largest absolute Gasteiger partial charge is 0.453 e. The maximum atomic E-state index is 12.9. The third kappa shape index (κ3) is 13.6. The van der Waals surface area contributed by atoms with Crippen LogP contribution < -0.4 is 5.73 Å². The van der Waals surface area contributed by atoms with E-state index in [-0.39, 0.29) is 35.7 Å². The van der Waals surface area contributed by atoms with Gasteiger partial charge in [0.15, 0.2) is 12.2 Å². The highest BCUT2D eigenvalue weighted by Gasteiger charge is 2.40. The first-order chi connectivity index (χ1) is 18.8. The van der Waals surface area contributed by atoms with Gasteiger partial charge in [-0.05, 0) is 79.2 Å². The molecular weight excluding hydrogens is 579 g/mol. The number of hydrogen-bond acceptors (Lipinski definition) is 9. The Morgan fingerprint density at radius 2 is 1.54 bits per heavy atom. The van der Waals surface area contributed by atoms with Crippen LogP contribution in [0.1, 0.15) is 81.2 Å². The van der Waals surface area contributed by atoms with Gasteiger partial charge in [-0.1, -0.05) is 56.4 Å². The van der Waals surface area contributed by atoms with E-state index in [1.54, 1.807) is 20.8 Å². The molecule has 0 fully saturated rings. The summed E-state index contributed by atoms with van der Waals surface area (Å²) in [6.07, 6.45) is -0.403. The van der Waals surface area contributed by atoms with Crippen molar-refractivity contribution < 1.29 is 28.6 Å². The molecule has 0 aliphatic carbocycles. The minimum Gasteiger partial charge on any atom is -0.453 e. The molecule has 1 aromatic rings. The number of nitrogens with two attached hydrogens (primary N) is 1. The summed E-state index contributed by atoms with van der Waals surface area (Å²) in [6.45, 7) is 18.7. The third-order valence-corrected chi connectivity index (χ3v) is 9.43. The van der Waals surface area contributed by atoms with Gasteiger partial charge in [0.05, 0.1) is 18.6 Å². The van der Waals surface area contributed by atoms with Gasteiger partial charge < -0.3 is 19.9 Å². The van der Waals surface area contributed by atoms with Crippen molar-refractivity contribution in [3.8, 4) is 0 Å². The molecule has 41 heavy (non-hydrogen) atoms. The smallest absolute Gasteiger partial charge is 0.335 e. The zero-order valence-corrected chi connectivity index (χ0v) is 28.7. The van der Waals surface area contributed by atoms with E-state index in [1.807, 2.05) is 45.9 Å². The number of ether oxygens (including phenoxy) is 3. The van der Waals surface area contributed by atoms with Crippen LogP contribution >= 0.6 is 35.7 Å². The van der Waals surface area contributed by atoms with Gasteiger partial charge in [-0.3, -0.25) is 9.59 Å². The molecule has 0 saturated heterocycles. The summed E-state index contributed by atoms with van der Waals surface area (Å²) >= 11 is 8.55. The van der Waals surface area contributed by atoms with Crippen LogP contribution in [0.25, 0.3) is 0 Å². The lowest BCUT2D eigenvalue weighted by Crippen LogP contribution is -2.44. The van der Waals surface area contributed by atoms with Crippen molar-refractivity contribution >= 4 is 56.9 Å². The molecule has 7 nitrogen and oxygen atoms in total. The number of amides is 1. The van der Waals surface area contributed by atoms with Gasteiger partial charge in [-0.2, -0.15) is 0 Å². The number of ketones is 1. The monoisotopic (exact) mass is 627 g/mol. The summed E-state index contributed by atoms with van der Waals surface area (Å²) in [7, 11) is 0. The van der Waals surface area contributed by atoms with Gasteiger partial charge in [0.2, 0.25) is 11.7 Å². The van der Waals surface area contributed by atoms with Gasteiger partial charge in [0, 0.05) is 10.5 Å². The fourth-order valence-corrected chi connectivity index (χ4v) is 7.68. The number of hydrogen-bond donors (Lipinski definition) is 1. The topological polar surface area (TPSA) is 105 Å². The van der Waals surface area contributed by atoms with Crippen LogP contribution in [0, 0.1) is 11.3 Å². The molecule has 0 aromatic heterocycles. The summed E-state index contributed by atoms with van der Waals surface area (Å²) in [5.74, 6) is -1.12. The molecule has 232 valence electrons. The molecule has 0 bridgehead atoms. The molecule has 3 atom stereocenters. The highest BCUT2D eigenvalue weighted by molar-refractivity contribution is 8.47. The Balaban J connectivity index is 2.63. The molecule has 0 aliphatic rings. The maximum Gasteiger partial charge on any atom is 0.335 e. The van der Waals surface area contributed by atoms with Crippen LogP contribution in [0.5, 0.6) is 0 Å². The second kappa shape index (κ2) is 16.4. The Morgan fingerprint density at radius 1 is 0.951 bits per heavy atom. The molecule has 1 amide bonds. The number of Topliss-reactive ketones (excluding diaryl/α,β-unsaturated/α-hetero) is 1. The minimum atomic E-state index is -1.15. The Morgan fingerprint density at radius 3 is 2.07 bits per heavy atom. The standard InChI is InChI=1S/C31H49NO6S3/c1-20(2)37-22(4)27(35)38-21(3)25(33)30(7,8)36-16-17-40-28(39)41-31(9,10)24(26(32)34)19-29(5,6)18-23-14-12-11-13-15-23/h11-15,20-22,24H,16-19H2,1-10H3,(H2,32,34)/t21-,22+,24?/m0/s1.